The van der Waals surface area contributed by atoms with Crippen molar-refractivity contribution >= 4 is 39.9 Å². The summed E-state index contributed by atoms with van der Waals surface area (Å²) >= 11 is 11.8. The van der Waals surface area contributed by atoms with E-state index in [0.29, 0.717) is 20.8 Å². The van der Waals surface area contributed by atoms with Crippen LogP contribution in [-0.4, -0.2) is 18.1 Å². The maximum atomic E-state index is 11.7. The number of rotatable bonds is 1. The van der Waals surface area contributed by atoms with Gasteiger partial charge in [-0.1, -0.05) is 23.2 Å². The van der Waals surface area contributed by atoms with E-state index in [-0.39, 0.29) is 5.69 Å². The first-order chi connectivity index (χ1) is 8.02. The van der Waals surface area contributed by atoms with Gasteiger partial charge in [-0.3, -0.25) is 4.79 Å². The van der Waals surface area contributed by atoms with Gasteiger partial charge in [0.05, 0.1) is 12.1 Å². The Kier molecular flexibility index (Phi) is 3.09. The van der Waals surface area contributed by atoms with Gasteiger partial charge in [0.25, 0.3) is 5.56 Å². The standard InChI is InChI=1S/C11H7Cl2NO3/c1-17-11(16)9-4-6-7(10(15)14-9)2-5(12)3-8(6)13/h2-4H,1H3,(H,14,15). The fourth-order valence-corrected chi connectivity index (χ4v) is 2.06. The first kappa shape index (κ1) is 12.0. The second kappa shape index (κ2) is 4.39. The molecule has 0 amide bonds. The maximum absolute atomic E-state index is 11.7. The lowest BCUT2D eigenvalue weighted by molar-refractivity contribution is 0.0594. The van der Waals surface area contributed by atoms with E-state index < -0.39 is 11.5 Å². The number of ether oxygens (including phenoxy) is 1. The number of fused-ring (bicyclic) bond motifs is 1. The summed E-state index contributed by atoms with van der Waals surface area (Å²) in [5.41, 5.74) is -0.387. The summed E-state index contributed by atoms with van der Waals surface area (Å²) in [6.45, 7) is 0. The van der Waals surface area contributed by atoms with Crippen molar-refractivity contribution in [1.29, 1.82) is 0 Å². The second-order valence-corrected chi connectivity index (χ2v) is 4.20. The number of nitrogens with one attached hydrogen (secondary N) is 1. The minimum atomic E-state index is -0.630. The van der Waals surface area contributed by atoms with Crippen LogP contribution in [0.1, 0.15) is 10.5 Å². The fourth-order valence-electron chi connectivity index (χ4n) is 1.51. The van der Waals surface area contributed by atoms with Crippen LogP contribution in [0.3, 0.4) is 0 Å². The van der Waals surface area contributed by atoms with Crippen LogP contribution in [-0.2, 0) is 4.74 Å². The number of benzene rings is 1. The van der Waals surface area contributed by atoms with Gasteiger partial charge >= 0.3 is 5.97 Å². The van der Waals surface area contributed by atoms with E-state index in [1.807, 2.05) is 0 Å². The number of hydrogen-bond acceptors (Lipinski definition) is 3. The number of aromatic amines is 1. The Labute approximate surface area is 106 Å². The van der Waals surface area contributed by atoms with Crippen molar-refractivity contribution in [2.45, 2.75) is 0 Å². The highest BCUT2D eigenvalue weighted by Crippen LogP contribution is 2.26. The zero-order chi connectivity index (χ0) is 12.6. The summed E-state index contributed by atoms with van der Waals surface area (Å²) in [5.74, 6) is -0.630. The molecule has 0 spiro atoms. The zero-order valence-electron chi connectivity index (χ0n) is 8.71. The molecule has 2 rings (SSSR count). The Hall–Kier alpha value is -1.52. The third-order valence-corrected chi connectivity index (χ3v) is 2.81. The number of aromatic nitrogens is 1. The smallest absolute Gasteiger partial charge is 0.354 e. The third-order valence-electron chi connectivity index (χ3n) is 2.28. The van der Waals surface area contributed by atoms with Crippen LogP contribution in [0.5, 0.6) is 0 Å². The normalized spacial score (nSPS) is 10.5. The van der Waals surface area contributed by atoms with E-state index in [9.17, 15) is 9.59 Å². The van der Waals surface area contributed by atoms with E-state index in [1.165, 1.54) is 25.3 Å². The molecule has 2 aromatic rings. The van der Waals surface area contributed by atoms with Gasteiger partial charge in [0, 0.05) is 15.8 Å². The number of carbonyl (C=O) groups excluding carboxylic acids is 1. The van der Waals surface area contributed by atoms with Crippen LogP contribution in [0.15, 0.2) is 23.0 Å². The highest BCUT2D eigenvalue weighted by atomic mass is 35.5. The molecule has 6 heteroatoms. The number of pyridine rings is 1. The van der Waals surface area contributed by atoms with Crippen molar-refractivity contribution in [3.8, 4) is 0 Å². The maximum Gasteiger partial charge on any atom is 0.354 e. The summed E-state index contributed by atoms with van der Waals surface area (Å²) in [6.07, 6.45) is 0. The molecule has 0 unspecified atom stereocenters. The van der Waals surface area contributed by atoms with Crippen LogP contribution in [0.25, 0.3) is 10.8 Å². The third kappa shape index (κ3) is 2.14. The molecular formula is C11H7Cl2NO3. The molecular weight excluding hydrogens is 265 g/mol. The number of halogens is 2. The lowest BCUT2D eigenvalue weighted by Crippen LogP contribution is -2.14. The Bertz CT molecular complexity index is 664. The molecule has 1 aromatic carbocycles. The number of carbonyl (C=O) groups is 1. The average molecular weight is 272 g/mol. The molecule has 0 saturated carbocycles. The lowest BCUT2D eigenvalue weighted by atomic mass is 10.1. The molecule has 88 valence electrons. The number of methoxy groups -OCH3 is 1. The molecule has 1 aromatic heterocycles. The number of hydrogen-bond donors (Lipinski definition) is 1. The molecule has 4 nitrogen and oxygen atoms in total. The lowest BCUT2D eigenvalue weighted by Gasteiger charge is -2.04. The molecule has 17 heavy (non-hydrogen) atoms. The van der Waals surface area contributed by atoms with Crippen molar-refractivity contribution in [1.82, 2.24) is 4.98 Å². The van der Waals surface area contributed by atoms with Crippen LogP contribution in [0.2, 0.25) is 10.0 Å². The van der Waals surface area contributed by atoms with E-state index in [1.54, 1.807) is 0 Å². The van der Waals surface area contributed by atoms with Crippen LogP contribution < -0.4 is 5.56 Å². The zero-order valence-corrected chi connectivity index (χ0v) is 10.2. The molecule has 0 aliphatic carbocycles. The Morgan fingerprint density at radius 2 is 1.94 bits per heavy atom. The van der Waals surface area contributed by atoms with E-state index in [4.69, 9.17) is 23.2 Å². The number of esters is 1. The van der Waals surface area contributed by atoms with Crippen LogP contribution in [0, 0.1) is 0 Å². The van der Waals surface area contributed by atoms with Gasteiger partial charge in [-0.2, -0.15) is 0 Å². The highest BCUT2D eigenvalue weighted by Gasteiger charge is 2.12. The predicted octanol–water partition coefficient (Wildman–Crippen LogP) is 2.62. The van der Waals surface area contributed by atoms with Crippen molar-refractivity contribution < 1.29 is 9.53 Å². The second-order valence-electron chi connectivity index (χ2n) is 3.35. The number of H-pyrrole nitrogens is 1. The predicted molar refractivity (Wildman–Crippen MR) is 65.9 cm³/mol. The molecule has 1 N–H and O–H groups in total. The molecule has 0 bridgehead atoms. The minimum absolute atomic E-state index is 0.0502. The van der Waals surface area contributed by atoms with Gasteiger partial charge in [0.15, 0.2) is 0 Å². The summed E-state index contributed by atoms with van der Waals surface area (Å²) in [5, 5.41) is 1.46. The Morgan fingerprint density at radius 3 is 2.59 bits per heavy atom. The van der Waals surface area contributed by atoms with Gasteiger partial charge in [-0.05, 0) is 18.2 Å². The van der Waals surface area contributed by atoms with Crippen molar-refractivity contribution in [2.24, 2.45) is 0 Å². The SMILES string of the molecule is COC(=O)c1cc2c(Cl)cc(Cl)cc2c(=O)[nH]1. The van der Waals surface area contributed by atoms with E-state index in [0.717, 1.165) is 0 Å². The Morgan fingerprint density at radius 1 is 1.24 bits per heavy atom. The quantitative estimate of drug-likeness (QED) is 0.812. The first-order valence-electron chi connectivity index (χ1n) is 4.63. The largest absolute Gasteiger partial charge is 0.464 e. The van der Waals surface area contributed by atoms with E-state index in [2.05, 4.69) is 9.72 Å². The molecule has 0 atom stereocenters. The molecule has 1 heterocycles. The summed E-state index contributed by atoms with van der Waals surface area (Å²) < 4.78 is 4.53. The summed E-state index contributed by atoms with van der Waals surface area (Å²) in [7, 11) is 1.23. The van der Waals surface area contributed by atoms with Crippen LogP contribution >= 0.6 is 23.2 Å². The van der Waals surface area contributed by atoms with Crippen LogP contribution in [0.4, 0.5) is 0 Å². The summed E-state index contributed by atoms with van der Waals surface area (Å²) in [4.78, 5) is 25.5. The van der Waals surface area contributed by atoms with Gasteiger partial charge < -0.3 is 9.72 Å². The van der Waals surface area contributed by atoms with Gasteiger partial charge in [-0.15, -0.1) is 0 Å². The molecule has 0 aliphatic heterocycles. The van der Waals surface area contributed by atoms with Crippen molar-refractivity contribution in [2.75, 3.05) is 7.11 Å². The molecule has 0 fully saturated rings. The topological polar surface area (TPSA) is 59.2 Å². The minimum Gasteiger partial charge on any atom is -0.464 e. The fraction of sp³-hybridized carbons (Fsp3) is 0.0909. The average Bonchev–Trinajstić information content (AvgIpc) is 2.29. The monoisotopic (exact) mass is 271 g/mol. The highest BCUT2D eigenvalue weighted by molar-refractivity contribution is 6.38. The van der Waals surface area contributed by atoms with Gasteiger partial charge in [0.1, 0.15) is 5.69 Å². The van der Waals surface area contributed by atoms with Gasteiger partial charge in [0.2, 0.25) is 0 Å². The molecule has 0 saturated heterocycles. The Balaban J connectivity index is 2.82. The first-order valence-corrected chi connectivity index (χ1v) is 5.39. The molecule has 0 aliphatic rings. The van der Waals surface area contributed by atoms with Crippen molar-refractivity contribution in [3.63, 3.8) is 0 Å². The van der Waals surface area contributed by atoms with Crippen molar-refractivity contribution in [3.05, 3.63) is 44.3 Å². The molecule has 0 radical (unpaired) electrons. The summed E-state index contributed by atoms with van der Waals surface area (Å²) in [6, 6.07) is 4.45. The van der Waals surface area contributed by atoms with E-state index >= 15 is 0 Å². The van der Waals surface area contributed by atoms with Gasteiger partial charge in [-0.25, -0.2) is 4.79 Å².